The third-order valence-corrected chi connectivity index (χ3v) is 1.16. The van der Waals surface area contributed by atoms with Crippen molar-refractivity contribution in [2.75, 3.05) is 0 Å². The van der Waals surface area contributed by atoms with Crippen LogP contribution in [0, 0.1) is 0 Å². The van der Waals surface area contributed by atoms with Gasteiger partial charge in [-0.3, -0.25) is 0 Å². The summed E-state index contributed by atoms with van der Waals surface area (Å²) in [6, 6.07) is 0. The van der Waals surface area contributed by atoms with E-state index >= 15 is 0 Å². The molecular weight excluding hydrogens is 237 g/mol. The predicted octanol–water partition coefficient (Wildman–Crippen LogP) is -1.38. The molecule has 8 heavy (non-hydrogen) atoms. The molecule has 0 aliphatic heterocycles. The molecule has 0 fully saturated rings. The molecule has 51 valence electrons. The molecule has 0 saturated heterocycles. The zero-order chi connectivity index (χ0) is 5.21. The Kier molecular flexibility index (Phi) is 13.6. The van der Waals surface area contributed by atoms with Gasteiger partial charge in [0.1, 0.15) is 0 Å². The molecule has 0 aliphatic carbocycles. The summed E-state index contributed by atoms with van der Waals surface area (Å²) >= 11 is 0. The molecule has 0 bridgehead atoms. The maximum absolute atomic E-state index is 9.23. The van der Waals surface area contributed by atoms with Crippen molar-refractivity contribution in [3.63, 3.8) is 0 Å². The van der Waals surface area contributed by atoms with Crippen LogP contribution in [0.2, 0.25) is 0 Å². The van der Waals surface area contributed by atoms with Crippen LogP contribution in [0.1, 0.15) is 0 Å². The van der Waals surface area contributed by atoms with E-state index in [2.05, 4.69) is 4.31 Å². The summed E-state index contributed by atoms with van der Waals surface area (Å²) in [6.45, 7) is 0. The van der Waals surface area contributed by atoms with Gasteiger partial charge in [-0.2, -0.15) is 0 Å². The molecule has 1 atom stereocenters. The molecule has 4 nitrogen and oxygen atoms in total. The van der Waals surface area contributed by atoms with Crippen LogP contribution in [0.4, 0.5) is 0 Å². The van der Waals surface area contributed by atoms with E-state index in [1.807, 2.05) is 0 Å². The monoisotopic (exact) mass is 239 g/mol. The molecular formula is H2FeMnO4P2. The van der Waals surface area contributed by atoms with Gasteiger partial charge in [0.15, 0.2) is 0 Å². The molecule has 0 aromatic rings. The Morgan fingerprint density at radius 3 is 1.62 bits per heavy atom. The van der Waals surface area contributed by atoms with Gasteiger partial charge >= 0.3 is 17.1 Å². The van der Waals surface area contributed by atoms with Gasteiger partial charge in [0.2, 0.25) is 0 Å². The molecule has 0 heterocycles. The van der Waals surface area contributed by atoms with Gasteiger partial charge in [-0.05, 0) is 0 Å². The maximum atomic E-state index is 9.23. The molecule has 0 spiro atoms. The van der Waals surface area contributed by atoms with E-state index in [4.69, 9.17) is 0 Å². The maximum Gasteiger partial charge on any atom is 2.00 e. The third-order valence-electron chi connectivity index (χ3n) is 0.129. The third kappa shape index (κ3) is 15.6. The summed E-state index contributed by atoms with van der Waals surface area (Å²) in [5.41, 5.74) is 0. The van der Waals surface area contributed by atoms with Crippen LogP contribution in [0.3, 0.4) is 0 Å². The molecule has 0 rings (SSSR count). The van der Waals surface area contributed by atoms with E-state index in [1.165, 1.54) is 9.47 Å². The second kappa shape index (κ2) is 6.70. The largest absolute Gasteiger partial charge is 2.00 e. The van der Waals surface area contributed by atoms with E-state index in [0.717, 1.165) is 0 Å². The van der Waals surface area contributed by atoms with E-state index in [0.29, 0.717) is 0 Å². The second-order valence-electron chi connectivity index (χ2n) is 0.553. The van der Waals surface area contributed by atoms with Crippen molar-refractivity contribution in [2.45, 2.75) is 0 Å². The van der Waals surface area contributed by atoms with E-state index in [1.54, 1.807) is 0 Å². The first kappa shape index (κ1) is 16.3. The van der Waals surface area contributed by atoms with Crippen LogP contribution in [0.5, 0.6) is 0 Å². The van der Waals surface area contributed by atoms with E-state index < -0.39 is 7.82 Å². The molecule has 0 aromatic carbocycles. The Labute approximate surface area is 70.2 Å². The average Bonchev–Trinajstić information content (AvgIpc) is 1.35. The Balaban J connectivity index is -0.000000125. The summed E-state index contributed by atoms with van der Waals surface area (Å²) < 4.78 is 12.5. The Morgan fingerprint density at radius 2 is 1.62 bits per heavy atom. The topological polar surface area (TPSA) is 72.4 Å². The Hall–Kier alpha value is 1.58. The molecule has 1 unspecified atom stereocenters. The first-order chi connectivity index (χ1) is 2.56. The summed E-state index contributed by atoms with van der Waals surface area (Å²) in [4.78, 5) is 18.5. The molecule has 0 aliphatic rings. The summed E-state index contributed by atoms with van der Waals surface area (Å²) in [5.74, 6) is 0. The molecule has 8 heteroatoms. The van der Waals surface area contributed by atoms with Crippen molar-refractivity contribution in [2.24, 2.45) is 0 Å². The summed E-state index contributed by atoms with van der Waals surface area (Å²) in [6.07, 6.45) is 0. The standard InChI is InChI=1S/Fe.Mn.H4O4P2/c;;1-6(2,3)4-5/h;;5H2,(H2,1,2,3)/q;+2;/p-2. The van der Waals surface area contributed by atoms with Gasteiger partial charge in [-0.15, -0.1) is 0 Å². The molecule has 0 amide bonds. The quantitative estimate of drug-likeness (QED) is 0.417. The van der Waals surface area contributed by atoms with Gasteiger partial charge in [-0.1, -0.05) is 0 Å². The Bertz CT molecular complexity index is 78.1. The van der Waals surface area contributed by atoms with Crippen LogP contribution in [0.15, 0.2) is 0 Å². The van der Waals surface area contributed by atoms with Crippen molar-refractivity contribution >= 4 is 17.3 Å². The predicted molar refractivity (Wildman–Crippen MR) is 18.4 cm³/mol. The van der Waals surface area contributed by atoms with E-state index in [9.17, 15) is 14.4 Å². The second-order valence-corrected chi connectivity index (χ2v) is 2.29. The number of phosphoric acid groups is 1. The van der Waals surface area contributed by atoms with Gasteiger partial charge in [0, 0.05) is 26.5 Å². The van der Waals surface area contributed by atoms with Gasteiger partial charge in [-0.25, -0.2) is 0 Å². The fourth-order valence-electron chi connectivity index (χ4n) is 0. The SMILES string of the molecule is O=P([O-])([O-])OP.[Fe].[Mn+2]. The normalized spacial score (nSPS) is 8.88. The minimum Gasteiger partial charge on any atom is -0.790 e. The van der Waals surface area contributed by atoms with Crippen LogP contribution in [-0.4, -0.2) is 0 Å². The van der Waals surface area contributed by atoms with Crippen LogP contribution < -0.4 is 9.79 Å². The summed E-state index contributed by atoms with van der Waals surface area (Å²) in [5, 5.41) is 0. The molecule has 0 saturated carbocycles. The van der Waals surface area contributed by atoms with Gasteiger partial charge in [0.25, 0.3) is 0 Å². The number of hydrogen-bond donors (Lipinski definition) is 0. The van der Waals surface area contributed by atoms with Crippen molar-refractivity contribution in [3.8, 4) is 0 Å². The average molecular weight is 239 g/mol. The molecule has 0 aromatic heterocycles. The first-order valence-corrected chi connectivity index (χ1v) is 2.90. The minimum absolute atomic E-state index is 0. The van der Waals surface area contributed by atoms with Crippen molar-refractivity contribution in [1.29, 1.82) is 0 Å². The van der Waals surface area contributed by atoms with Crippen molar-refractivity contribution < 1.29 is 52.8 Å². The van der Waals surface area contributed by atoms with Crippen molar-refractivity contribution in [1.82, 2.24) is 0 Å². The first-order valence-electron chi connectivity index (χ1n) is 0.966. The molecule has 0 N–H and O–H groups in total. The zero-order valence-electron chi connectivity index (χ0n) is 3.39. The van der Waals surface area contributed by atoms with Crippen LogP contribution in [-0.2, 0) is 43.0 Å². The molecule has 1 radical (unpaired) electrons. The van der Waals surface area contributed by atoms with Crippen molar-refractivity contribution in [3.05, 3.63) is 0 Å². The zero-order valence-corrected chi connectivity index (χ0v) is 7.72. The van der Waals surface area contributed by atoms with Crippen LogP contribution >= 0.6 is 17.3 Å². The van der Waals surface area contributed by atoms with Gasteiger partial charge < -0.3 is 18.7 Å². The van der Waals surface area contributed by atoms with Gasteiger partial charge in [0.05, 0.1) is 7.82 Å². The fourth-order valence-corrected chi connectivity index (χ4v) is 0. The van der Waals surface area contributed by atoms with Crippen LogP contribution in [0.25, 0.3) is 0 Å². The fraction of sp³-hybridized carbons (Fsp3) is 0. The smallest absolute Gasteiger partial charge is 0.790 e. The Morgan fingerprint density at radius 1 is 1.50 bits per heavy atom. The summed E-state index contributed by atoms with van der Waals surface area (Å²) in [7, 11) is -3.35. The number of hydrogen-bond acceptors (Lipinski definition) is 4. The minimum atomic E-state index is -4.68. The number of rotatable bonds is 1. The van der Waals surface area contributed by atoms with E-state index in [-0.39, 0.29) is 34.1 Å².